The summed E-state index contributed by atoms with van der Waals surface area (Å²) in [5.41, 5.74) is 0.0360. The summed E-state index contributed by atoms with van der Waals surface area (Å²) >= 11 is 0. The summed E-state index contributed by atoms with van der Waals surface area (Å²) in [6.45, 7) is 0. The maximum absolute atomic E-state index is 12.3. The molecule has 0 spiro atoms. The van der Waals surface area contributed by atoms with Gasteiger partial charge in [-0.25, -0.2) is 0 Å². The van der Waals surface area contributed by atoms with Gasteiger partial charge in [0.25, 0.3) is 10.1 Å². The zero-order valence-corrected chi connectivity index (χ0v) is 14.8. The van der Waals surface area contributed by atoms with Gasteiger partial charge < -0.3 is 9.84 Å². The summed E-state index contributed by atoms with van der Waals surface area (Å²) < 4.78 is 36.6. The largest absolute Gasteiger partial charge is 1.00 e. The topological polar surface area (TPSA) is 101 Å². The van der Waals surface area contributed by atoms with Crippen LogP contribution in [0.25, 0.3) is 0 Å². The van der Waals surface area contributed by atoms with Crippen molar-refractivity contribution in [3.63, 3.8) is 0 Å². The Labute approximate surface area is 149 Å². The molecule has 0 aliphatic heterocycles. The molecular weight excluding hydrogens is 319 g/mol. The number of ether oxygens (including phenoxy) is 1. The average molecular weight is 331 g/mol. The van der Waals surface area contributed by atoms with Gasteiger partial charge in [-0.05, 0) is 6.07 Å². The molecule has 0 saturated carbocycles. The number of hydrogen-bond donors (Lipinski definition) is 2. The van der Waals surface area contributed by atoms with E-state index in [1.54, 1.807) is 18.2 Å². The van der Waals surface area contributed by atoms with E-state index in [1.165, 1.54) is 19.2 Å². The third-order valence-corrected chi connectivity index (χ3v) is 3.72. The van der Waals surface area contributed by atoms with E-state index in [9.17, 15) is 18.3 Å². The van der Waals surface area contributed by atoms with Crippen molar-refractivity contribution < 1.29 is 57.2 Å². The van der Waals surface area contributed by atoms with Crippen LogP contribution in [-0.2, 0) is 10.1 Å². The first kappa shape index (κ1) is 18.7. The third kappa shape index (κ3) is 3.88. The number of ketones is 1. The number of phenolic OH excluding ortho intramolecular Hbond substituents is 1. The van der Waals surface area contributed by atoms with Crippen LogP contribution >= 0.6 is 0 Å². The average Bonchev–Trinajstić information content (AvgIpc) is 2.45. The molecule has 2 N–H and O–H groups in total. The van der Waals surface area contributed by atoms with Gasteiger partial charge in [-0.2, -0.15) is 8.42 Å². The molecular formula is C14H12NaO6S+. The fraction of sp³-hybridized carbons (Fsp3) is 0.0714. The Morgan fingerprint density at radius 2 is 1.73 bits per heavy atom. The number of phenols is 1. The van der Waals surface area contributed by atoms with E-state index in [0.717, 1.165) is 12.1 Å². The van der Waals surface area contributed by atoms with Crippen LogP contribution in [0, 0.1) is 0 Å². The summed E-state index contributed by atoms with van der Waals surface area (Å²) in [6.07, 6.45) is 0. The Morgan fingerprint density at radius 3 is 2.23 bits per heavy atom. The van der Waals surface area contributed by atoms with Gasteiger partial charge in [-0.1, -0.05) is 30.3 Å². The van der Waals surface area contributed by atoms with E-state index in [2.05, 4.69) is 0 Å². The Morgan fingerprint density at radius 1 is 1.14 bits per heavy atom. The van der Waals surface area contributed by atoms with Crippen molar-refractivity contribution >= 4 is 15.9 Å². The van der Waals surface area contributed by atoms with E-state index in [0.29, 0.717) is 0 Å². The second-order valence-corrected chi connectivity index (χ2v) is 5.58. The van der Waals surface area contributed by atoms with Crippen LogP contribution < -0.4 is 34.3 Å². The minimum Gasteiger partial charge on any atom is -0.507 e. The first-order chi connectivity index (χ1) is 9.84. The first-order valence-electron chi connectivity index (χ1n) is 5.83. The molecule has 0 saturated heterocycles. The number of carbonyl (C=O) groups excluding carboxylic acids is 1. The van der Waals surface area contributed by atoms with Crippen molar-refractivity contribution in [2.24, 2.45) is 0 Å². The summed E-state index contributed by atoms with van der Waals surface area (Å²) in [5.74, 6) is -1.26. The molecule has 8 heteroatoms. The van der Waals surface area contributed by atoms with Gasteiger partial charge in [0.1, 0.15) is 16.4 Å². The molecule has 0 bridgehead atoms. The van der Waals surface area contributed by atoms with E-state index in [4.69, 9.17) is 9.29 Å². The Bertz CT molecular complexity index is 786. The van der Waals surface area contributed by atoms with Gasteiger partial charge in [0.05, 0.1) is 12.7 Å². The number of methoxy groups -OCH3 is 1. The van der Waals surface area contributed by atoms with Crippen LogP contribution in [0.5, 0.6) is 11.5 Å². The molecule has 0 amide bonds. The van der Waals surface area contributed by atoms with Crippen LogP contribution in [0.1, 0.15) is 15.9 Å². The van der Waals surface area contributed by atoms with Crippen molar-refractivity contribution in [3.05, 3.63) is 53.6 Å². The molecule has 2 aromatic carbocycles. The molecule has 2 rings (SSSR count). The minimum atomic E-state index is -4.59. The standard InChI is InChI=1S/C14H12O6S.Na/c1-20-12-8-11(15)10(7-13(12)21(17,18)19)14(16)9-5-3-2-4-6-9;/h2-8,15H,1H3,(H,17,18,19);/q;+1. The molecule has 22 heavy (non-hydrogen) atoms. The zero-order chi connectivity index (χ0) is 15.6. The molecule has 0 heterocycles. The molecule has 0 atom stereocenters. The quantitative estimate of drug-likeness (QED) is 0.418. The van der Waals surface area contributed by atoms with E-state index in [1.807, 2.05) is 0 Å². The van der Waals surface area contributed by atoms with Crippen molar-refractivity contribution in [1.82, 2.24) is 0 Å². The molecule has 2 aromatic rings. The van der Waals surface area contributed by atoms with Gasteiger partial charge in [0.15, 0.2) is 5.78 Å². The van der Waals surface area contributed by atoms with Crippen LogP contribution in [0.4, 0.5) is 0 Å². The van der Waals surface area contributed by atoms with Gasteiger partial charge in [0.2, 0.25) is 0 Å². The second-order valence-electron chi connectivity index (χ2n) is 4.19. The number of aromatic hydroxyl groups is 1. The van der Waals surface area contributed by atoms with Crippen molar-refractivity contribution in [3.8, 4) is 11.5 Å². The zero-order valence-electron chi connectivity index (χ0n) is 12.0. The molecule has 6 nitrogen and oxygen atoms in total. The molecule has 0 unspecified atom stereocenters. The van der Waals surface area contributed by atoms with Crippen LogP contribution in [-0.4, -0.2) is 31.0 Å². The van der Waals surface area contributed by atoms with Gasteiger partial charge >= 0.3 is 29.6 Å². The van der Waals surface area contributed by atoms with E-state index in [-0.39, 0.29) is 46.4 Å². The van der Waals surface area contributed by atoms with Crippen molar-refractivity contribution in [1.29, 1.82) is 0 Å². The van der Waals surface area contributed by atoms with E-state index >= 15 is 0 Å². The maximum Gasteiger partial charge on any atom is 1.00 e. The number of hydrogen-bond acceptors (Lipinski definition) is 5. The normalized spacial score (nSPS) is 10.6. The summed E-state index contributed by atoms with van der Waals surface area (Å²) in [7, 11) is -3.41. The van der Waals surface area contributed by atoms with Crippen LogP contribution in [0.15, 0.2) is 47.4 Å². The summed E-state index contributed by atoms with van der Waals surface area (Å²) in [5, 5.41) is 9.87. The molecule has 0 radical (unpaired) electrons. The second kappa shape index (κ2) is 7.26. The minimum absolute atomic E-state index is 0. The SMILES string of the molecule is COc1cc(O)c(C(=O)c2ccccc2)cc1S(=O)(=O)O.[Na+]. The predicted octanol–water partition coefficient (Wildman–Crippen LogP) is -1.12. The molecule has 110 valence electrons. The van der Waals surface area contributed by atoms with Crippen LogP contribution in [0.3, 0.4) is 0 Å². The predicted molar refractivity (Wildman–Crippen MR) is 74.3 cm³/mol. The van der Waals surface area contributed by atoms with Crippen LogP contribution in [0.2, 0.25) is 0 Å². The molecule has 0 aliphatic carbocycles. The number of rotatable bonds is 4. The Hall–Kier alpha value is -1.38. The molecule has 0 aromatic heterocycles. The van der Waals surface area contributed by atoms with Gasteiger partial charge in [0, 0.05) is 11.6 Å². The monoisotopic (exact) mass is 331 g/mol. The summed E-state index contributed by atoms with van der Waals surface area (Å²) in [6, 6.07) is 9.90. The smallest absolute Gasteiger partial charge is 0.507 e. The van der Waals surface area contributed by atoms with Gasteiger partial charge in [-0.3, -0.25) is 9.35 Å². The fourth-order valence-corrected chi connectivity index (χ4v) is 2.50. The fourth-order valence-electron chi connectivity index (χ4n) is 1.84. The third-order valence-electron chi connectivity index (χ3n) is 2.84. The number of benzene rings is 2. The Balaban J connectivity index is 0.00000242. The van der Waals surface area contributed by atoms with Crippen molar-refractivity contribution in [2.45, 2.75) is 4.90 Å². The van der Waals surface area contributed by atoms with Crippen molar-refractivity contribution in [2.75, 3.05) is 7.11 Å². The molecule has 0 aliphatic rings. The molecule has 0 fully saturated rings. The Kier molecular flexibility index (Phi) is 6.16. The maximum atomic E-state index is 12.3. The first-order valence-corrected chi connectivity index (χ1v) is 7.27. The number of carbonyl (C=O) groups is 1. The summed E-state index contributed by atoms with van der Waals surface area (Å²) in [4.78, 5) is 11.7. The van der Waals surface area contributed by atoms with Gasteiger partial charge in [-0.15, -0.1) is 0 Å². The van der Waals surface area contributed by atoms with E-state index < -0.39 is 26.5 Å².